The fourth-order valence-corrected chi connectivity index (χ4v) is 2.51. The fourth-order valence-electron chi connectivity index (χ4n) is 2.51. The minimum Gasteiger partial charge on any atom is -0.326 e. The molecule has 0 saturated carbocycles. The molecule has 0 saturated heterocycles. The zero-order chi connectivity index (χ0) is 19.5. The van der Waals surface area contributed by atoms with Crippen LogP contribution in [0.25, 0.3) is 0 Å². The highest BCUT2D eigenvalue weighted by molar-refractivity contribution is 5.96. The Morgan fingerprint density at radius 2 is 1.42 bits per heavy atom. The van der Waals surface area contributed by atoms with Gasteiger partial charge >= 0.3 is 12.4 Å². The van der Waals surface area contributed by atoms with Gasteiger partial charge in [0.1, 0.15) is 0 Å². The molecule has 0 unspecified atom stereocenters. The molecule has 0 heterocycles. The van der Waals surface area contributed by atoms with Gasteiger partial charge in [0.15, 0.2) is 0 Å². The SMILES string of the molecule is CC[C@H](C(=O)Nc1cc(C(F)(F)F)cc(C(F)(F)F)c1)c1ccccc1. The van der Waals surface area contributed by atoms with E-state index in [1.54, 1.807) is 37.3 Å². The van der Waals surface area contributed by atoms with E-state index in [1.165, 1.54) is 0 Å². The van der Waals surface area contributed by atoms with Gasteiger partial charge in [0.2, 0.25) is 5.91 Å². The number of hydrogen-bond donors (Lipinski definition) is 1. The lowest BCUT2D eigenvalue weighted by Crippen LogP contribution is -2.21. The van der Waals surface area contributed by atoms with Gasteiger partial charge in [-0.2, -0.15) is 26.3 Å². The molecule has 8 heteroatoms. The number of anilines is 1. The monoisotopic (exact) mass is 375 g/mol. The van der Waals surface area contributed by atoms with Crippen LogP contribution in [0.15, 0.2) is 48.5 Å². The third-order valence-electron chi connectivity index (χ3n) is 3.78. The molecule has 0 bridgehead atoms. The molecule has 2 nitrogen and oxygen atoms in total. The predicted octanol–water partition coefficient (Wildman–Crippen LogP) is 5.86. The van der Waals surface area contributed by atoms with Crippen LogP contribution in [0.2, 0.25) is 0 Å². The van der Waals surface area contributed by atoms with Crippen molar-refractivity contribution in [3.63, 3.8) is 0 Å². The number of hydrogen-bond acceptors (Lipinski definition) is 1. The lowest BCUT2D eigenvalue weighted by atomic mass is 9.95. The third kappa shape index (κ3) is 4.77. The molecule has 0 aliphatic heterocycles. The minimum atomic E-state index is -4.97. The van der Waals surface area contributed by atoms with E-state index in [-0.39, 0.29) is 6.07 Å². The summed E-state index contributed by atoms with van der Waals surface area (Å²) in [5.41, 5.74) is -2.88. The third-order valence-corrected chi connectivity index (χ3v) is 3.78. The number of rotatable bonds is 4. The van der Waals surface area contributed by atoms with Crippen LogP contribution in [0.1, 0.15) is 36.0 Å². The van der Waals surface area contributed by atoms with E-state index in [0.717, 1.165) is 0 Å². The lowest BCUT2D eigenvalue weighted by molar-refractivity contribution is -0.143. The van der Waals surface area contributed by atoms with Gasteiger partial charge in [0.25, 0.3) is 0 Å². The summed E-state index contributed by atoms with van der Waals surface area (Å²) in [6.07, 6.45) is -9.60. The molecule has 0 fully saturated rings. The Labute approximate surface area is 145 Å². The molecule has 0 aliphatic rings. The van der Waals surface area contributed by atoms with Crippen LogP contribution < -0.4 is 5.32 Å². The van der Waals surface area contributed by atoms with Crippen LogP contribution in [0.4, 0.5) is 32.0 Å². The van der Waals surface area contributed by atoms with E-state index < -0.39 is 41.0 Å². The van der Waals surface area contributed by atoms with Gasteiger partial charge in [-0.1, -0.05) is 37.3 Å². The molecule has 26 heavy (non-hydrogen) atoms. The lowest BCUT2D eigenvalue weighted by Gasteiger charge is -2.18. The Bertz CT molecular complexity index is 735. The van der Waals surface area contributed by atoms with Gasteiger partial charge in [-0.15, -0.1) is 0 Å². The Morgan fingerprint density at radius 3 is 1.85 bits per heavy atom. The topological polar surface area (TPSA) is 29.1 Å². The molecule has 0 aliphatic carbocycles. The first-order chi connectivity index (χ1) is 12.0. The van der Waals surface area contributed by atoms with Crippen LogP contribution in [-0.4, -0.2) is 5.91 Å². The van der Waals surface area contributed by atoms with Crippen LogP contribution in [0.5, 0.6) is 0 Å². The second-order valence-electron chi connectivity index (χ2n) is 5.66. The molecule has 1 atom stereocenters. The molecule has 1 N–H and O–H groups in total. The standard InChI is InChI=1S/C18H15F6NO/c1-2-15(11-6-4-3-5-7-11)16(26)25-14-9-12(17(19,20)21)8-13(10-14)18(22,23)24/h3-10,15H,2H2,1H3,(H,25,26)/t15-/m0/s1. The predicted molar refractivity (Wildman–Crippen MR) is 84.5 cm³/mol. The fraction of sp³-hybridized carbons (Fsp3) is 0.278. The Hall–Kier alpha value is -2.51. The minimum absolute atomic E-state index is 0.0180. The van der Waals surface area contributed by atoms with Crippen molar-refractivity contribution in [2.45, 2.75) is 31.6 Å². The first kappa shape index (κ1) is 19.8. The maximum absolute atomic E-state index is 12.9. The van der Waals surface area contributed by atoms with Gasteiger partial charge < -0.3 is 5.32 Å². The maximum Gasteiger partial charge on any atom is 0.416 e. The van der Waals surface area contributed by atoms with Crippen molar-refractivity contribution in [3.8, 4) is 0 Å². The first-order valence-corrected chi connectivity index (χ1v) is 7.67. The van der Waals surface area contributed by atoms with Gasteiger partial charge in [-0.05, 0) is 30.2 Å². The average molecular weight is 375 g/mol. The van der Waals surface area contributed by atoms with Crippen molar-refractivity contribution in [3.05, 3.63) is 65.2 Å². The van der Waals surface area contributed by atoms with Gasteiger partial charge in [-0.25, -0.2) is 0 Å². The van der Waals surface area contributed by atoms with E-state index in [0.29, 0.717) is 24.1 Å². The normalized spacial score (nSPS) is 13.3. The smallest absolute Gasteiger partial charge is 0.326 e. The first-order valence-electron chi connectivity index (χ1n) is 7.67. The number of benzene rings is 2. The number of halogens is 6. The van der Waals surface area contributed by atoms with Gasteiger partial charge in [-0.3, -0.25) is 4.79 Å². The highest BCUT2D eigenvalue weighted by Gasteiger charge is 2.37. The molecular weight excluding hydrogens is 360 g/mol. The molecular formula is C18H15F6NO. The van der Waals surface area contributed by atoms with Crippen LogP contribution >= 0.6 is 0 Å². The van der Waals surface area contributed by atoms with Crippen molar-refractivity contribution in [2.24, 2.45) is 0 Å². The molecule has 2 aromatic carbocycles. The summed E-state index contributed by atoms with van der Waals surface area (Å²) in [7, 11) is 0. The van der Waals surface area contributed by atoms with Gasteiger partial charge in [0, 0.05) is 5.69 Å². The summed E-state index contributed by atoms with van der Waals surface area (Å²) >= 11 is 0. The molecule has 2 rings (SSSR count). The number of carbonyl (C=O) groups is 1. The maximum atomic E-state index is 12.9. The van der Waals surface area contributed by atoms with Gasteiger partial charge in [0.05, 0.1) is 17.0 Å². The average Bonchev–Trinajstić information content (AvgIpc) is 2.54. The highest BCUT2D eigenvalue weighted by Crippen LogP contribution is 2.37. The van der Waals surface area contributed by atoms with Crippen molar-refractivity contribution in [2.75, 3.05) is 5.32 Å². The van der Waals surface area contributed by atoms with Crippen molar-refractivity contribution < 1.29 is 31.1 Å². The van der Waals surface area contributed by atoms with Crippen LogP contribution in [0.3, 0.4) is 0 Å². The number of nitrogens with one attached hydrogen (secondary N) is 1. The molecule has 0 spiro atoms. The summed E-state index contributed by atoms with van der Waals surface area (Å²) in [6.45, 7) is 1.70. The molecule has 2 aromatic rings. The summed E-state index contributed by atoms with van der Waals surface area (Å²) in [4.78, 5) is 12.4. The molecule has 1 amide bonds. The van der Waals surface area contributed by atoms with Crippen molar-refractivity contribution in [1.82, 2.24) is 0 Å². The van der Waals surface area contributed by atoms with E-state index in [9.17, 15) is 31.1 Å². The number of amides is 1. The number of carbonyl (C=O) groups excluding carboxylic acids is 1. The molecule has 0 aromatic heterocycles. The second-order valence-corrected chi connectivity index (χ2v) is 5.66. The van der Waals surface area contributed by atoms with Crippen LogP contribution in [0, 0.1) is 0 Å². The quantitative estimate of drug-likeness (QED) is 0.667. The Kier molecular flexibility index (Phi) is 5.63. The Morgan fingerprint density at radius 1 is 0.923 bits per heavy atom. The Balaban J connectivity index is 2.37. The van der Waals surface area contributed by atoms with E-state index in [1.807, 2.05) is 0 Å². The zero-order valence-electron chi connectivity index (χ0n) is 13.6. The second kappa shape index (κ2) is 7.39. The summed E-state index contributed by atoms with van der Waals surface area (Å²) in [5.74, 6) is -1.37. The van der Waals surface area contributed by atoms with E-state index in [2.05, 4.69) is 5.32 Å². The van der Waals surface area contributed by atoms with Crippen molar-refractivity contribution in [1.29, 1.82) is 0 Å². The zero-order valence-corrected chi connectivity index (χ0v) is 13.6. The van der Waals surface area contributed by atoms with E-state index in [4.69, 9.17) is 0 Å². The van der Waals surface area contributed by atoms with Crippen LogP contribution in [-0.2, 0) is 17.1 Å². The largest absolute Gasteiger partial charge is 0.416 e. The molecule has 140 valence electrons. The van der Waals surface area contributed by atoms with Crippen molar-refractivity contribution >= 4 is 11.6 Å². The summed E-state index contributed by atoms with van der Waals surface area (Å²) < 4.78 is 77.3. The number of alkyl halides is 6. The highest BCUT2D eigenvalue weighted by atomic mass is 19.4. The summed E-state index contributed by atoms with van der Waals surface area (Å²) in [6, 6.07) is 9.45. The molecule has 0 radical (unpaired) electrons. The summed E-state index contributed by atoms with van der Waals surface area (Å²) in [5, 5.41) is 2.18. The van der Waals surface area contributed by atoms with E-state index >= 15 is 0 Å².